The summed E-state index contributed by atoms with van der Waals surface area (Å²) < 4.78 is 12.9. The summed E-state index contributed by atoms with van der Waals surface area (Å²) in [4.78, 5) is 40.7. The fraction of sp³-hybridized carbons (Fsp3) is 0.278. The quantitative estimate of drug-likeness (QED) is 0.872. The zero-order valence-corrected chi connectivity index (χ0v) is 14.3. The smallest absolute Gasteiger partial charge is 0.260 e. The molecule has 0 atom stereocenters. The van der Waals surface area contributed by atoms with E-state index in [1.165, 1.54) is 35.2 Å². The minimum absolute atomic E-state index is 0.0196. The maximum Gasteiger partial charge on any atom is 0.260 e. The Bertz CT molecular complexity index is 828. The molecule has 2 amide bonds. The lowest BCUT2D eigenvalue weighted by atomic mass is 10.2. The maximum atomic E-state index is 12.9. The number of pyridine rings is 1. The van der Waals surface area contributed by atoms with Crippen LogP contribution in [0.4, 0.5) is 10.1 Å². The molecule has 0 unspecified atom stereocenters. The molecule has 0 spiro atoms. The first-order chi connectivity index (χ1) is 11.8. The molecule has 1 aromatic heterocycles. The van der Waals surface area contributed by atoms with Gasteiger partial charge in [-0.1, -0.05) is 0 Å². The topological polar surface area (TPSA) is 82.3 Å². The van der Waals surface area contributed by atoms with Crippen LogP contribution >= 0.6 is 0 Å². The lowest BCUT2D eigenvalue weighted by Crippen LogP contribution is -2.44. The minimum Gasteiger partial charge on any atom is -0.327 e. The van der Waals surface area contributed by atoms with Crippen LogP contribution in [0.2, 0.25) is 0 Å². The predicted octanol–water partition coefficient (Wildman–Crippen LogP) is 2.31. The maximum absolute atomic E-state index is 12.9. The molecule has 1 heterocycles. The molecular weight excluding hydrogens is 325 g/mol. The first-order valence-electron chi connectivity index (χ1n) is 7.84. The molecule has 0 aliphatic heterocycles. The van der Waals surface area contributed by atoms with E-state index in [2.05, 4.69) is 10.3 Å². The largest absolute Gasteiger partial charge is 0.327 e. The number of carbonyl (C=O) groups is 2. The van der Waals surface area contributed by atoms with Gasteiger partial charge in [-0.05, 0) is 57.2 Å². The molecule has 0 saturated carbocycles. The van der Waals surface area contributed by atoms with Crippen LogP contribution in [0.1, 0.15) is 29.9 Å². The molecule has 7 heteroatoms. The van der Waals surface area contributed by atoms with Crippen molar-refractivity contribution in [2.24, 2.45) is 0 Å². The molecule has 0 aliphatic rings. The van der Waals surface area contributed by atoms with Crippen LogP contribution in [-0.4, -0.2) is 34.3 Å². The minimum atomic E-state index is -0.523. The van der Waals surface area contributed by atoms with Crippen LogP contribution in [-0.2, 0) is 4.79 Å². The van der Waals surface area contributed by atoms with E-state index < -0.39 is 23.2 Å². The Morgan fingerprint density at radius 1 is 1.16 bits per heavy atom. The summed E-state index contributed by atoms with van der Waals surface area (Å²) in [7, 11) is 0. The third-order valence-corrected chi connectivity index (χ3v) is 3.61. The second kappa shape index (κ2) is 7.74. The normalized spacial score (nSPS) is 10.6. The van der Waals surface area contributed by atoms with Crippen LogP contribution in [0.5, 0.6) is 0 Å². The summed E-state index contributed by atoms with van der Waals surface area (Å²) in [6, 6.07) is 8.11. The van der Waals surface area contributed by atoms with E-state index in [9.17, 15) is 18.8 Å². The third kappa shape index (κ3) is 4.76. The van der Waals surface area contributed by atoms with Crippen molar-refractivity contribution in [2.45, 2.75) is 26.8 Å². The molecular formula is C18H20FN3O3. The van der Waals surface area contributed by atoms with Crippen molar-refractivity contribution in [2.75, 3.05) is 11.9 Å². The van der Waals surface area contributed by atoms with Crippen LogP contribution in [0.15, 0.2) is 41.2 Å². The second-order valence-corrected chi connectivity index (χ2v) is 5.97. The van der Waals surface area contributed by atoms with Gasteiger partial charge in [-0.3, -0.25) is 14.4 Å². The van der Waals surface area contributed by atoms with Crippen LogP contribution in [0.25, 0.3) is 0 Å². The molecule has 0 fully saturated rings. The van der Waals surface area contributed by atoms with Crippen LogP contribution < -0.4 is 10.9 Å². The van der Waals surface area contributed by atoms with Crippen molar-refractivity contribution in [3.8, 4) is 0 Å². The van der Waals surface area contributed by atoms with Crippen molar-refractivity contribution in [3.63, 3.8) is 0 Å². The number of carbonyl (C=O) groups excluding carboxylic acids is 2. The fourth-order valence-electron chi connectivity index (χ4n) is 2.27. The van der Waals surface area contributed by atoms with Gasteiger partial charge in [0.05, 0.1) is 0 Å². The van der Waals surface area contributed by atoms with Crippen LogP contribution in [0.3, 0.4) is 0 Å². The highest BCUT2D eigenvalue weighted by Crippen LogP contribution is 2.10. The Morgan fingerprint density at radius 3 is 2.36 bits per heavy atom. The van der Waals surface area contributed by atoms with E-state index >= 15 is 0 Å². The average Bonchev–Trinajstić information content (AvgIpc) is 2.54. The molecule has 6 nitrogen and oxygen atoms in total. The van der Waals surface area contributed by atoms with Gasteiger partial charge in [-0.2, -0.15) is 0 Å². The molecule has 0 saturated heterocycles. The van der Waals surface area contributed by atoms with Crippen molar-refractivity contribution >= 4 is 17.5 Å². The molecule has 0 radical (unpaired) electrons. The third-order valence-electron chi connectivity index (χ3n) is 3.61. The van der Waals surface area contributed by atoms with Crippen molar-refractivity contribution in [3.05, 3.63) is 63.8 Å². The number of hydrogen-bond donors (Lipinski definition) is 2. The standard InChI is InChI=1S/C18H20FN3O3/c1-11(2)22(18(25)15-9-4-12(3)20-17(15)24)10-16(23)21-14-7-5-13(19)6-8-14/h4-9,11H,10H2,1-3H3,(H,20,24)(H,21,23). The highest BCUT2D eigenvalue weighted by Gasteiger charge is 2.23. The predicted molar refractivity (Wildman–Crippen MR) is 93.0 cm³/mol. The Kier molecular flexibility index (Phi) is 5.69. The number of benzene rings is 1. The Morgan fingerprint density at radius 2 is 1.80 bits per heavy atom. The summed E-state index contributed by atoms with van der Waals surface area (Å²) in [6.07, 6.45) is 0. The van der Waals surface area contributed by atoms with Crippen molar-refractivity contribution in [1.82, 2.24) is 9.88 Å². The van der Waals surface area contributed by atoms with E-state index in [4.69, 9.17) is 0 Å². The van der Waals surface area contributed by atoms with E-state index in [1.807, 2.05) is 0 Å². The van der Waals surface area contributed by atoms with E-state index in [0.717, 1.165) is 0 Å². The number of aromatic nitrogens is 1. The van der Waals surface area contributed by atoms with E-state index in [-0.39, 0.29) is 18.2 Å². The van der Waals surface area contributed by atoms with Crippen molar-refractivity contribution in [1.29, 1.82) is 0 Å². The first-order valence-corrected chi connectivity index (χ1v) is 7.84. The van der Waals surface area contributed by atoms with Gasteiger partial charge in [-0.25, -0.2) is 4.39 Å². The first kappa shape index (κ1) is 18.4. The number of nitrogens with one attached hydrogen (secondary N) is 2. The zero-order chi connectivity index (χ0) is 18.6. The highest BCUT2D eigenvalue weighted by molar-refractivity contribution is 5.99. The molecule has 0 bridgehead atoms. The molecule has 132 valence electrons. The van der Waals surface area contributed by atoms with E-state index in [0.29, 0.717) is 11.4 Å². The Balaban J connectivity index is 2.14. The number of rotatable bonds is 5. The van der Waals surface area contributed by atoms with E-state index in [1.54, 1.807) is 26.8 Å². The Hall–Kier alpha value is -2.96. The fourth-order valence-corrected chi connectivity index (χ4v) is 2.27. The molecule has 25 heavy (non-hydrogen) atoms. The van der Waals surface area contributed by atoms with Gasteiger partial charge in [0.2, 0.25) is 5.91 Å². The number of H-pyrrole nitrogens is 1. The molecule has 2 N–H and O–H groups in total. The number of aromatic amines is 1. The summed E-state index contributed by atoms with van der Waals surface area (Å²) >= 11 is 0. The van der Waals surface area contributed by atoms with Gasteiger partial charge in [0.25, 0.3) is 11.5 Å². The number of nitrogens with zero attached hydrogens (tertiary/aromatic N) is 1. The summed E-state index contributed by atoms with van der Waals surface area (Å²) in [6.45, 7) is 5.00. The summed E-state index contributed by atoms with van der Waals surface area (Å²) in [5, 5.41) is 2.60. The SMILES string of the molecule is Cc1ccc(C(=O)N(CC(=O)Nc2ccc(F)cc2)C(C)C)c(=O)[nH]1. The lowest BCUT2D eigenvalue weighted by Gasteiger charge is -2.26. The molecule has 0 aliphatic carbocycles. The number of aryl methyl sites for hydroxylation is 1. The van der Waals surface area contributed by atoms with Gasteiger partial charge < -0.3 is 15.2 Å². The van der Waals surface area contributed by atoms with Crippen LogP contribution in [0, 0.1) is 12.7 Å². The van der Waals surface area contributed by atoms with Gasteiger partial charge in [0.15, 0.2) is 0 Å². The van der Waals surface area contributed by atoms with Gasteiger partial charge in [-0.15, -0.1) is 0 Å². The monoisotopic (exact) mass is 345 g/mol. The second-order valence-electron chi connectivity index (χ2n) is 5.97. The zero-order valence-electron chi connectivity index (χ0n) is 14.3. The number of hydrogen-bond acceptors (Lipinski definition) is 3. The number of amides is 2. The summed E-state index contributed by atoms with van der Waals surface area (Å²) in [5.74, 6) is -1.36. The molecule has 2 rings (SSSR count). The highest BCUT2D eigenvalue weighted by atomic mass is 19.1. The number of halogens is 1. The van der Waals surface area contributed by atoms with Gasteiger partial charge in [0, 0.05) is 17.4 Å². The summed E-state index contributed by atoms with van der Waals surface area (Å²) in [5.41, 5.74) is 0.561. The Labute approximate surface area is 144 Å². The van der Waals surface area contributed by atoms with Gasteiger partial charge in [0.1, 0.15) is 17.9 Å². The van der Waals surface area contributed by atoms with Gasteiger partial charge >= 0.3 is 0 Å². The van der Waals surface area contributed by atoms with Crippen molar-refractivity contribution < 1.29 is 14.0 Å². The molecule has 1 aromatic carbocycles. The lowest BCUT2D eigenvalue weighted by molar-refractivity contribution is -0.117. The average molecular weight is 345 g/mol. The number of anilines is 1. The molecule has 2 aromatic rings.